The molecule has 0 amide bonds. The van der Waals surface area contributed by atoms with Crippen molar-refractivity contribution in [3.8, 4) is 17.4 Å². The van der Waals surface area contributed by atoms with Gasteiger partial charge in [-0.3, -0.25) is 5.41 Å². The van der Waals surface area contributed by atoms with Gasteiger partial charge >= 0.3 is 0 Å². The number of nitrogens with one attached hydrogen (secondary N) is 3. The van der Waals surface area contributed by atoms with Gasteiger partial charge in [-0.15, -0.1) is 0 Å². The molecule has 1 atom stereocenters. The zero-order chi connectivity index (χ0) is 21.0. The third-order valence-electron chi connectivity index (χ3n) is 3.73. The van der Waals surface area contributed by atoms with Gasteiger partial charge in [-0.05, 0) is 54.9 Å². The van der Waals surface area contributed by atoms with Crippen LogP contribution in [0.4, 0.5) is 10.7 Å². The lowest BCUT2D eigenvalue weighted by Gasteiger charge is -2.12. The fraction of sp³-hybridized carbons (Fsp3) is 0.158. The van der Waals surface area contributed by atoms with Crippen molar-refractivity contribution in [2.45, 2.75) is 13.0 Å². The first kappa shape index (κ1) is 21.2. The highest BCUT2D eigenvalue weighted by atomic mass is 35.5. The number of hydrogen-bond donors (Lipinski definition) is 5. The number of aliphatic hydroxyl groups excluding tert-OH is 1. The van der Waals surface area contributed by atoms with Crippen LogP contribution in [0.1, 0.15) is 12.5 Å². The Hall–Kier alpha value is -2.52. The lowest BCUT2D eigenvalue weighted by Crippen LogP contribution is -2.30. The van der Waals surface area contributed by atoms with E-state index in [0.29, 0.717) is 32.2 Å². The summed E-state index contributed by atoms with van der Waals surface area (Å²) in [4.78, 5) is 0. The number of ether oxygens (including phenoxy) is 1. The molecule has 0 aliphatic rings. The monoisotopic (exact) mass is 452 g/mol. The topological polar surface area (TPSA) is 110 Å². The van der Waals surface area contributed by atoms with Crippen LogP contribution >= 0.6 is 34.7 Å². The van der Waals surface area contributed by atoms with E-state index >= 15 is 0 Å². The van der Waals surface area contributed by atoms with E-state index < -0.39 is 6.10 Å². The van der Waals surface area contributed by atoms with Crippen LogP contribution in [0.3, 0.4) is 0 Å². The minimum Gasteiger partial charge on any atom is -0.492 e. The standard InChI is InChI=1S/C19H18Cl2N4O3S/c1-10(26)9-23-17(22)16-18(27)25-29-19(16)24-12-3-5-13(6-4-12)28-15-8-11(20)2-7-14(15)21/h2-8,10,24,26H,9H2,1H3,(H2,22,23)(H,25,27). The second-order valence-corrected chi connectivity index (χ2v) is 7.76. The van der Waals surface area contributed by atoms with Crippen molar-refractivity contribution in [1.29, 1.82) is 5.41 Å². The maximum atomic E-state index is 9.97. The number of halogens is 2. The van der Waals surface area contributed by atoms with Gasteiger partial charge in [0.2, 0.25) is 5.88 Å². The number of aromatic hydroxyl groups is 1. The van der Waals surface area contributed by atoms with Crippen molar-refractivity contribution in [1.82, 2.24) is 9.69 Å². The summed E-state index contributed by atoms with van der Waals surface area (Å²) in [5, 5.41) is 34.8. The largest absolute Gasteiger partial charge is 0.492 e. The zero-order valence-corrected chi connectivity index (χ0v) is 17.6. The first-order chi connectivity index (χ1) is 13.8. The second kappa shape index (κ2) is 9.32. The molecule has 1 heterocycles. The van der Waals surface area contributed by atoms with Crippen LogP contribution in [0.25, 0.3) is 0 Å². The molecule has 29 heavy (non-hydrogen) atoms. The first-order valence-corrected chi connectivity index (χ1v) is 10.1. The highest BCUT2D eigenvalue weighted by Gasteiger charge is 2.18. The molecule has 2 aromatic carbocycles. The van der Waals surface area contributed by atoms with Crippen LogP contribution in [-0.4, -0.2) is 33.1 Å². The van der Waals surface area contributed by atoms with Crippen molar-refractivity contribution >= 4 is 51.3 Å². The second-order valence-electron chi connectivity index (χ2n) is 6.14. The molecule has 0 radical (unpaired) electrons. The minimum absolute atomic E-state index is 0.0322. The van der Waals surface area contributed by atoms with E-state index in [4.69, 9.17) is 33.3 Å². The Morgan fingerprint density at radius 1 is 1.24 bits per heavy atom. The maximum absolute atomic E-state index is 9.97. The number of hydrogen-bond acceptors (Lipinski definition) is 7. The van der Waals surface area contributed by atoms with Crippen molar-refractivity contribution < 1.29 is 14.9 Å². The number of nitrogens with zero attached hydrogens (tertiary/aromatic N) is 1. The normalized spacial score (nSPS) is 11.7. The Bertz CT molecular complexity index is 1010. The summed E-state index contributed by atoms with van der Waals surface area (Å²) in [5.41, 5.74) is 0.949. The highest BCUT2D eigenvalue weighted by Crippen LogP contribution is 2.34. The van der Waals surface area contributed by atoms with E-state index in [0.717, 1.165) is 11.5 Å². The van der Waals surface area contributed by atoms with Crippen LogP contribution in [0.15, 0.2) is 42.5 Å². The summed E-state index contributed by atoms with van der Waals surface area (Å²) in [6, 6.07) is 12.0. The molecule has 3 rings (SSSR count). The molecule has 0 saturated carbocycles. The number of amidine groups is 1. The van der Waals surface area contributed by atoms with Gasteiger partial charge < -0.3 is 25.6 Å². The van der Waals surface area contributed by atoms with E-state index in [2.05, 4.69) is 15.0 Å². The third-order valence-corrected chi connectivity index (χ3v) is 5.03. The molecule has 10 heteroatoms. The molecule has 3 aromatic rings. The van der Waals surface area contributed by atoms with E-state index in [1.807, 2.05) is 0 Å². The van der Waals surface area contributed by atoms with Crippen molar-refractivity contribution in [2.24, 2.45) is 0 Å². The first-order valence-electron chi connectivity index (χ1n) is 8.53. The smallest absolute Gasteiger partial charge is 0.236 e. The molecule has 7 nitrogen and oxygen atoms in total. The molecule has 0 saturated heterocycles. The predicted molar refractivity (Wildman–Crippen MR) is 117 cm³/mol. The summed E-state index contributed by atoms with van der Waals surface area (Å²) in [6.45, 7) is 1.79. The van der Waals surface area contributed by atoms with E-state index in [-0.39, 0.29) is 23.8 Å². The molecule has 5 N–H and O–H groups in total. The summed E-state index contributed by atoms with van der Waals surface area (Å²) in [6.07, 6.45) is -0.624. The summed E-state index contributed by atoms with van der Waals surface area (Å²) >= 11 is 13.1. The van der Waals surface area contributed by atoms with Gasteiger partial charge in [-0.2, -0.15) is 4.37 Å². The molecule has 152 valence electrons. The summed E-state index contributed by atoms with van der Waals surface area (Å²) in [7, 11) is 0. The fourth-order valence-corrected chi connectivity index (χ4v) is 3.39. The van der Waals surface area contributed by atoms with Crippen molar-refractivity contribution in [3.05, 3.63) is 58.1 Å². The average molecular weight is 453 g/mol. The molecular weight excluding hydrogens is 435 g/mol. The fourth-order valence-electron chi connectivity index (χ4n) is 2.35. The van der Waals surface area contributed by atoms with Gasteiger partial charge in [0.25, 0.3) is 0 Å². The quantitative estimate of drug-likeness (QED) is 0.255. The number of benzene rings is 2. The van der Waals surface area contributed by atoms with Crippen LogP contribution in [0.5, 0.6) is 17.4 Å². The molecule has 0 fully saturated rings. The Morgan fingerprint density at radius 2 is 1.97 bits per heavy atom. The highest BCUT2D eigenvalue weighted by molar-refractivity contribution is 7.11. The molecule has 1 aromatic heterocycles. The Labute approximate surface area is 181 Å². The Balaban J connectivity index is 1.72. The molecule has 0 spiro atoms. The summed E-state index contributed by atoms with van der Waals surface area (Å²) in [5.74, 6) is 0.733. The van der Waals surface area contributed by atoms with E-state index in [9.17, 15) is 10.2 Å². The number of aromatic nitrogens is 1. The molecule has 1 unspecified atom stereocenters. The van der Waals surface area contributed by atoms with Crippen LogP contribution in [0.2, 0.25) is 10.0 Å². The molecule has 0 bridgehead atoms. The van der Waals surface area contributed by atoms with Crippen LogP contribution in [0, 0.1) is 5.41 Å². The van der Waals surface area contributed by atoms with Gasteiger partial charge in [-0.1, -0.05) is 23.2 Å². The van der Waals surface area contributed by atoms with Crippen LogP contribution in [-0.2, 0) is 0 Å². The lowest BCUT2D eigenvalue weighted by molar-refractivity contribution is 0.198. The van der Waals surface area contributed by atoms with Gasteiger partial charge in [0.15, 0.2) is 0 Å². The summed E-state index contributed by atoms with van der Waals surface area (Å²) < 4.78 is 9.65. The van der Waals surface area contributed by atoms with E-state index in [1.54, 1.807) is 49.4 Å². The third kappa shape index (κ3) is 5.51. The molecular formula is C19H18Cl2N4O3S. The van der Waals surface area contributed by atoms with Crippen molar-refractivity contribution in [3.63, 3.8) is 0 Å². The van der Waals surface area contributed by atoms with Gasteiger partial charge in [-0.25, -0.2) is 0 Å². The maximum Gasteiger partial charge on any atom is 0.236 e. The van der Waals surface area contributed by atoms with Crippen molar-refractivity contribution in [2.75, 3.05) is 11.9 Å². The SMILES string of the molecule is CC(O)CNC(=N)c1c(O)nsc1Nc1ccc(Oc2cc(Cl)ccc2Cl)cc1. The number of aliphatic hydroxyl groups is 1. The molecule has 0 aliphatic heterocycles. The molecule has 0 aliphatic carbocycles. The minimum atomic E-state index is -0.624. The number of rotatable bonds is 7. The lowest BCUT2D eigenvalue weighted by atomic mass is 10.2. The van der Waals surface area contributed by atoms with Gasteiger partial charge in [0.1, 0.15) is 27.9 Å². The predicted octanol–water partition coefficient (Wildman–Crippen LogP) is 4.99. The van der Waals surface area contributed by atoms with Gasteiger partial charge in [0, 0.05) is 23.3 Å². The average Bonchev–Trinajstić information content (AvgIpc) is 3.04. The Kier molecular flexibility index (Phi) is 6.81. The van der Waals surface area contributed by atoms with Crippen LogP contribution < -0.4 is 15.4 Å². The Morgan fingerprint density at radius 3 is 2.66 bits per heavy atom. The van der Waals surface area contributed by atoms with Gasteiger partial charge in [0.05, 0.1) is 11.1 Å². The zero-order valence-electron chi connectivity index (χ0n) is 15.2. The van der Waals surface area contributed by atoms with E-state index in [1.165, 1.54) is 0 Å². The number of anilines is 2.